The van der Waals surface area contributed by atoms with Gasteiger partial charge in [-0.15, -0.1) is 0 Å². The van der Waals surface area contributed by atoms with Gasteiger partial charge in [0.2, 0.25) is 0 Å². The topological polar surface area (TPSA) is 137 Å². The van der Waals surface area contributed by atoms with Crippen LogP contribution in [0, 0.1) is 21.4 Å². The summed E-state index contributed by atoms with van der Waals surface area (Å²) < 4.78 is 26.6. The molecule has 1 aliphatic rings. The van der Waals surface area contributed by atoms with Crippen LogP contribution in [0.25, 0.3) is 0 Å². The zero-order valence-corrected chi connectivity index (χ0v) is 13.0. The van der Waals surface area contributed by atoms with Crippen molar-refractivity contribution in [2.24, 2.45) is 0 Å². The summed E-state index contributed by atoms with van der Waals surface area (Å²) in [5.74, 6) is -0.786. The first-order valence-corrected chi connectivity index (χ1v) is 7.77. The highest BCUT2D eigenvalue weighted by atomic mass is 32.3. The fourth-order valence-electron chi connectivity index (χ4n) is 2.24. The molecule has 2 N–H and O–H groups in total. The molecular formula is C13H13N3O6S. The lowest BCUT2D eigenvalue weighted by molar-refractivity contribution is -0.387. The summed E-state index contributed by atoms with van der Waals surface area (Å²) >= 11 is 0. The van der Waals surface area contributed by atoms with Gasteiger partial charge in [-0.25, -0.2) is 4.31 Å². The van der Waals surface area contributed by atoms with E-state index in [4.69, 9.17) is 10.00 Å². The molecule has 1 amide bonds. The molecule has 0 aromatic heterocycles. The molecule has 23 heavy (non-hydrogen) atoms. The van der Waals surface area contributed by atoms with E-state index in [1.54, 1.807) is 6.07 Å². The van der Waals surface area contributed by atoms with Crippen molar-refractivity contribution in [1.29, 1.82) is 5.26 Å². The summed E-state index contributed by atoms with van der Waals surface area (Å²) in [7, 11) is -2.64. The Morgan fingerprint density at radius 1 is 1.57 bits per heavy atom. The zero-order chi connectivity index (χ0) is 17.4. The largest absolute Gasteiger partial charge is 0.496 e. The van der Waals surface area contributed by atoms with Crippen molar-refractivity contribution in [3.8, 4) is 11.8 Å². The van der Waals surface area contributed by atoms with E-state index in [1.165, 1.54) is 20.1 Å². The lowest BCUT2D eigenvalue weighted by Crippen LogP contribution is -2.29. The number of hydrogen-bond donors (Lipinski definition) is 2. The SMILES string of the molecule is COc1ccc([N+](=O)[O-])c2c1C(=O)N(C/C(C)=C/C#N)S2(O)O. The van der Waals surface area contributed by atoms with E-state index >= 15 is 0 Å². The molecule has 0 aliphatic carbocycles. The Kier molecular flexibility index (Phi) is 4.28. The number of amides is 1. The number of nitro groups is 1. The highest BCUT2D eigenvalue weighted by Gasteiger charge is 2.48. The average Bonchev–Trinajstić information content (AvgIpc) is 2.68. The molecule has 1 heterocycles. The number of allylic oxidation sites excluding steroid dienone is 1. The summed E-state index contributed by atoms with van der Waals surface area (Å²) in [5, 5.41) is 19.8. The first-order valence-electron chi connectivity index (χ1n) is 6.26. The smallest absolute Gasteiger partial charge is 0.295 e. The molecule has 1 aromatic carbocycles. The first-order chi connectivity index (χ1) is 10.8. The van der Waals surface area contributed by atoms with Crippen LogP contribution in [0.15, 0.2) is 28.7 Å². The molecular weight excluding hydrogens is 326 g/mol. The molecule has 0 spiro atoms. The van der Waals surface area contributed by atoms with Crippen LogP contribution in [0.4, 0.5) is 5.69 Å². The van der Waals surface area contributed by atoms with E-state index in [0.717, 1.165) is 16.4 Å². The summed E-state index contributed by atoms with van der Waals surface area (Å²) in [6.07, 6.45) is 1.15. The van der Waals surface area contributed by atoms with Crippen LogP contribution in [0.1, 0.15) is 17.3 Å². The third-order valence-electron chi connectivity index (χ3n) is 3.24. The Bertz CT molecular complexity index is 768. The second-order valence-corrected chi connectivity index (χ2v) is 6.62. The molecule has 2 rings (SSSR count). The lowest BCUT2D eigenvalue weighted by Gasteiger charge is -2.36. The van der Waals surface area contributed by atoms with E-state index in [0.29, 0.717) is 5.57 Å². The van der Waals surface area contributed by atoms with Crippen molar-refractivity contribution < 1.29 is 23.6 Å². The number of nitriles is 1. The number of methoxy groups -OCH3 is 1. The fraction of sp³-hybridized carbons (Fsp3) is 0.231. The number of hydrogen-bond acceptors (Lipinski definition) is 7. The van der Waals surface area contributed by atoms with Crippen LogP contribution < -0.4 is 4.74 Å². The van der Waals surface area contributed by atoms with Crippen LogP contribution in [-0.4, -0.2) is 37.9 Å². The summed E-state index contributed by atoms with van der Waals surface area (Å²) in [6, 6.07) is 4.05. The third-order valence-corrected chi connectivity index (χ3v) is 5.11. The van der Waals surface area contributed by atoms with Crippen molar-refractivity contribution >= 4 is 22.4 Å². The molecule has 0 atom stereocenters. The second kappa shape index (κ2) is 5.88. The fourth-order valence-corrected chi connectivity index (χ4v) is 4.05. The Labute approximate surface area is 133 Å². The van der Waals surface area contributed by atoms with Gasteiger partial charge in [0.1, 0.15) is 11.3 Å². The molecule has 0 unspecified atom stereocenters. The molecule has 0 radical (unpaired) electrons. The number of nitro benzene ring substituents is 1. The minimum atomic E-state index is -3.91. The van der Waals surface area contributed by atoms with Gasteiger partial charge in [-0.2, -0.15) is 5.26 Å². The first kappa shape index (κ1) is 16.8. The van der Waals surface area contributed by atoms with Crippen molar-refractivity contribution in [3.05, 3.63) is 39.5 Å². The number of benzene rings is 1. The van der Waals surface area contributed by atoms with Crippen LogP contribution in [0.2, 0.25) is 0 Å². The van der Waals surface area contributed by atoms with Gasteiger partial charge in [0, 0.05) is 12.1 Å². The third kappa shape index (κ3) is 2.61. The molecule has 1 aliphatic heterocycles. The molecule has 1 aromatic rings. The molecule has 10 heteroatoms. The van der Waals surface area contributed by atoms with Gasteiger partial charge in [-0.3, -0.25) is 24.0 Å². The minimum absolute atomic E-state index is 0.0139. The van der Waals surface area contributed by atoms with Gasteiger partial charge in [0.05, 0.1) is 24.6 Å². The second-order valence-electron chi connectivity index (χ2n) is 4.73. The number of carbonyl (C=O) groups excluding carboxylic acids is 1. The van der Waals surface area contributed by atoms with Crippen LogP contribution in [0.5, 0.6) is 5.75 Å². The van der Waals surface area contributed by atoms with Gasteiger partial charge in [0.15, 0.2) is 4.90 Å². The van der Waals surface area contributed by atoms with Gasteiger partial charge < -0.3 is 4.74 Å². The standard InChI is InChI=1S/C13H13N3O6S/c1-8(5-6-14)7-15-13(17)11-10(22-2)4-3-9(16(18)19)12(11)23(15,20)21/h3-5,20-21H,7H2,1-2H3/b8-5+. The number of ether oxygens (including phenoxy) is 1. The number of fused-ring (bicyclic) bond motifs is 1. The Morgan fingerprint density at radius 2 is 2.22 bits per heavy atom. The molecule has 0 saturated heterocycles. The van der Waals surface area contributed by atoms with E-state index < -0.39 is 32.2 Å². The van der Waals surface area contributed by atoms with Crippen molar-refractivity contribution in [2.45, 2.75) is 11.8 Å². The van der Waals surface area contributed by atoms with Crippen molar-refractivity contribution in [2.75, 3.05) is 13.7 Å². The predicted octanol–water partition coefficient (Wildman–Crippen LogP) is 2.55. The molecule has 0 saturated carbocycles. The summed E-state index contributed by atoms with van der Waals surface area (Å²) in [6.45, 7) is 1.28. The zero-order valence-electron chi connectivity index (χ0n) is 12.2. The minimum Gasteiger partial charge on any atom is -0.496 e. The highest BCUT2D eigenvalue weighted by Crippen LogP contribution is 2.63. The number of nitrogens with zero attached hydrogens (tertiary/aromatic N) is 3. The van der Waals surface area contributed by atoms with E-state index in [-0.39, 0.29) is 17.9 Å². The summed E-state index contributed by atoms with van der Waals surface area (Å²) in [4.78, 5) is 22.4. The maximum absolute atomic E-state index is 12.5. The van der Waals surface area contributed by atoms with Crippen molar-refractivity contribution in [3.63, 3.8) is 0 Å². The van der Waals surface area contributed by atoms with Gasteiger partial charge >= 0.3 is 0 Å². The predicted molar refractivity (Wildman–Crippen MR) is 81.2 cm³/mol. The van der Waals surface area contributed by atoms with E-state index in [2.05, 4.69) is 0 Å². The number of carbonyl (C=O) groups is 1. The Hall–Kier alpha value is -2.61. The Morgan fingerprint density at radius 3 is 2.74 bits per heavy atom. The molecule has 122 valence electrons. The highest BCUT2D eigenvalue weighted by molar-refractivity contribution is 8.23. The van der Waals surface area contributed by atoms with Crippen LogP contribution in [0.3, 0.4) is 0 Å². The van der Waals surface area contributed by atoms with Crippen molar-refractivity contribution in [1.82, 2.24) is 4.31 Å². The lowest BCUT2D eigenvalue weighted by atomic mass is 10.1. The van der Waals surface area contributed by atoms with Crippen LogP contribution in [-0.2, 0) is 0 Å². The summed E-state index contributed by atoms with van der Waals surface area (Å²) in [5.41, 5.74) is -0.416. The normalized spacial score (nSPS) is 17.4. The molecule has 9 nitrogen and oxygen atoms in total. The quantitative estimate of drug-likeness (QED) is 0.488. The molecule has 0 bridgehead atoms. The van der Waals surface area contributed by atoms with Gasteiger partial charge in [0.25, 0.3) is 11.6 Å². The van der Waals surface area contributed by atoms with Gasteiger partial charge in [-0.1, -0.05) is 10.8 Å². The van der Waals surface area contributed by atoms with Crippen LogP contribution >= 0.6 is 10.8 Å². The van der Waals surface area contributed by atoms with E-state index in [1.807, 2.05) is 0 Å². The van der Waals surface area contributed by atoms with E-state index in [9.17, 15) is 24.0 Å². The monoisotopic (exact) mass is 339 g/mol. The Balaban J connectivity index is 2.66. The average molecular weight is 339 g/mol. The maximum Gasteiger partial charge on any atom is 0.295 e. The van der Waals surface area contributed by atoms with Gasteiger partial charge in [-0.05, 0) is 18.6 Å². The molecule has 0 fully saturated rings. The maximum atomic E-state index is 12.5. The number of rotatable bonds is 4.